The molecule has 2 nitrogen and oxygen atoms in total. The minimum absolute atomic E-state index is 0.564. The standard InChI is InChI=1S/C11H22N2/c1-2-8-13-9-7-12-10-11(13)5-3-4-6-11/h12H,2-10H2,1H3. The molecule has 1 saturated heterocycles. The zero-order chi connectivity index (χ0) is 9.15. The molecule has 0 aromatic heterocycles. The van der Waals surface area contributed by atoms with Crippen LogP contribution in [0, 0.1) is 0 Å². The maximum Gasteiger partial charge on any atom is 0.0334 e. The third kappa shape index (κ3) is 1.75. The Hall–Kier alpha value is -0.0800. The van der Waals surface area contributed by atoms with E-state index in [1.165, 1.54) is 58.3 Å². The van der Waals surface area contributed by atoms with Crippen molar-refractivity contribution in [1.82, 2.24) is 10.2 Å². The fourth-order valence-electron chi connectivity index (χ4n) is 3.03. The lowest BCUT2D eigenvalue weighted by molar-refractivity contribution is 0.0651. The smallest absolute Gasteiger partial charge is 0.0334 e. The molecule has 1 aliphatic carbocycles. The Morgan fingerprint density at radius 1 is 1.31 bits per heavy atom. The first-order valence-electron chi connectivity index (χ1n) is 5.83. The number of nitrogens with one attached hydrogen (secondary N) is 1. The van der Waals surface area contributed by atoms with E-state index in [2.05, 4.69) is 17.1 Å². The highest BCUT2D eigenvalue weighted by Crippen LogP contribution is 2.35. The van der Waals surface area contributed by atoms with Crippen molar-refractivity contribution in [1.29, 1.82) is 0 Å². The number of hydrogen-bond donors (Lipinski definition) is 1. The summed E-state index contributed by atoms with van der Waals surface area (Å²) in [4.78, 5) is 2.75. The second kappa shape index (κ2) is 3.97. The van der Waals surface area contributed by atoms with Crippen molar-refractivity contribution in [3.8, 4) is 0 Å². The van der Waals surface area contributed by atoms with Crippen LogP contribution in [-0.2, 0) is 0 Å². The Morgan fingerprint density at radius 2 is 2.08 bits per heavy atom. The van der Waals surface area contributed by atoms with Gasteiger partial charge in [-0.25, -0.2) is 0 Å². The Labute approximate surface area is 81.7 Å². The van der Waals surface area contributed by atoms with Crippen LogP contribution in [0.4, 0.5) is 0 Å². The number of rotatable bonds is 2. The monoisotopic (exact) mass is 182 g/mol. The summed E-state index contributed by atoms with van der Waals surface area (Å²) in [6.45, 7) is 7.31. The second-order valence-corrected chi connectivity index (χ2v) is 4.60. The molecule has 1 spiro atoms. The average Bonchev–Trinajstić information content (AvgIpc) is 2.59. The molecular formula is C11H22N2. The molecule has 1 heterocycles. The van der Waals surface area contributed by atoms with Crippen molar-refractivity contribution < 1.29 is 0 Å². The summed E-state index contributed by atoms with van der Waals surface area (Å²) in [7, 11) is 0. The Morgan fingerprint density at radius 3 is 2.77 bits per heavy atom. The van der Waals surface area contributed by atoms with Gasteiger partial charge in [-0.3, -0.25) is 4.90 Å². The number of hydrogen-bond acceptors (Lipinski definition) is 2. The van der Waals surface area contributed by atoms with Crippen LogP contribution in [0.1, 0.15) is 39.0 Å². The zero-order valence-electron chi connectivity index (χ0n) is 8.81. The first-order chi connectivity index (χ1) is 6.37. The van der Waals surface area contributed by atoms with E-state index in [-0.39, 0.29) is 0 Å². The Balaban J connectivity index is 2.03. The van der Waals surface area contributed by atoms with Crippen molar-refractivity contribution in [3.63, 3.8) is 0 Å². The fraction of sp³-hybridized carbons (Fsp3) is 1.00. The summed E-state index contributed by atoms with van der Waals surface area (Å²) in [5, 5.41) is 3.56. The van der Waals surface area contributed by atoms with Gasteiger partial charge < -0.3 is 5.32 Å². The van der Waals surface area contributed by atoms with Gasteiger partial charge in [0.15, 0.2) is 0 Å². The molecule has 2 aliphatic rings. The Bertz CT molecular complexity index is 159. The molecule has 0 amide bonds. The van der Waals surface area contributed by atoms with Gasteiger partial charge in [0.25, 0.3) is 0 Å². The topological polar surface area (TPSA) is 15.3 Å². The molecule has 2 fully saturated rings. The molecule has 2 rings (SSSR count). The van der Waals surface area contributed by atoms with Gasteiger partial charge in [-0.2, -0.15) is 0 Å². The van der Waals surface area contributed by atoms with Crippen LogP contribution in [0.2, 0.25) is 0 Å². The van der Waals surface area contributed by atoms with E-state index in [9.17, 15) is 0 Å². The third-order valence-corrected chi connectivity index (χ3v) is 3.71. The Kier molecular flexibility index (Phi) is 2.89. The van der Waals surface area contributed by atoms with E-state index in [0.717, 1.165) is 0 Å². The quantitative estimate of drug-likeness (QED) is 0.698. The lowest BCUT2D eigenvalue weighted by Gasteiger charge is -2.45. The van der Waals surface area contributed by atoms with E-state index in [1.807, 2.05) is 0 Å². The molecule has 1 N–H and O–H groups in total. The molecule has 13 heavy (non-hydrogen) atoms. The summed E-state index contributed by atoms with van der Waals surface area (Å²) in [5.41, 5.74) is 0.564. The molecule has 1 saturated carbocycles. The molecule has 0 bridgehead atoms. The van der Waals surface area contributed by atoms with Gasteiger partial charge in [0.05, 0.1) is 0 Å². The van der Waals surface area contributed by atoms with Gasteiger partial charge in [0.2, 0.25) is 0 Å². The van der Waals surface area contributed by atoms with E-state index in [4.69, 9.17) is 0 Å². The average molecular weight is 182 g/mol. The summed E-state index contributed by atoms with van der Waals surface area (Å²) < 4.78 is 0. The van der Waals surface area contributed by atoms with Crippen LogP contribution < -0.4 is 5.32 Å². The minimum atomic E-state index is 0.564. The van der Waals surface area contributed by atoms with Gasteiger partial charge in [-0.1, -0.05) is 19.8 Å². The van der Waals surface area contributed by atoms with Gasteiger partial charge in [-0.05, 0) is 25.8 Å². The molecule has 1 aliphatic heterocycles. The van der Waals surface area contributed by atoms with Crippen LogP contribution in [0.25, 0.3) is 0 Å². The highest BCUT2D eigenvalue weighted by molar-refractivity contribution is 4.99. The SMILES string of the molecule is CCCN1CCNCC12CCCC2. The van der Waals surface area contributed by atoms with E-state index < -0.39 is 0 Å². The summed E-state index contributed by atoms with van der Waals surface area (Å²) in [5.74, 6) is 0. The summed E-state index contributed by atoms with van der Waals surface area (Å²) >= 11 is 0. The van der Waals surface area contributed by atoms with Gasteiger partial charge in [0, 0.05) is 25.2 Å². The molecule has 0 atom stereocenters. The second-order valence-electron chi connectivity index (χ2n) is 4.60. The lowest BCUT2D eigenvalue weighted by atomic mass is 9.92. The van der Waals surface area contributed by atoms with Crippen molar-refractivity contribution in [2.75, 3.05) is 26.2 Å². The van der Waals surface area contributed by atoms with Crippen LogP contribution in [0.5, 0.6) is 0 Å². The van der Waals surface area contributed by atoms with Crippen LogP contribution in [0.3, 0.4) is 0 Å². The fourth-order valence-corrected chi connectivity index (χ4v) is 3.03. The molecule has 0 aromatic carbocycles. The van der Waals surface area contributed by atoms with Crippen molar-refractivity contribution >= 4 is 0 Å². The van der Waals surface area contributed by atoms with Gasteiger partial charge >= 0.3 is 0 Å². The largest absolute Gasteiger partial charge is 0.314 e. The summed E-state index contributed by atoms with van der Waals surface area (Å²) in [6, 6.07) is 0. The van der Waals surface area contributed by atoms with Crippen molar-refractivity contribution in [2.45, 2.75) is 44.6 Å². The summed E-state index contributed by atoms with van der Waals surface area (Å²) in [6.07, 6.45) is 7.06. The minimum Gasteiger partial charge on any atom is -0.314 e. The molecule has 0 aromatic rings. The predicted octanol–water partition coefficient (Wildman–Crippen LogP) is 1.61. The first kappa shape index (κ1) is 9.47. The van der Waals surface area contributed by atoms with Crippen molar-refractivity contribution in [3.05, 3.63) is 0 Å². The lowest BCUT2D eigenvalue weighted by Crippen LogP contribution is -2.59. The molecule has 2 heteroatoms. The van der Waals surface area contributed by atoms with Crippen LogP contribution >= 0.6 is 0 Å². The van der Waals surface area contributed by atoms with Gasteiger partial charge in [0.1, 0.15) is 0 Å². The maximum atomic E-state index is 3.56. The highest BCUT2D eigenvalue weighted by Gasteiger charge is 2.40. The van der Waals surface area contributed by atoms with Crippen LogP contribution in [0.15, 0.2) is 0 Å². The number of piperazine rings is 1. The predicted molar refractivity (Wildman–Crippen MR) is 55.9 cm³/mol. The molecule has 0 unspecified atom stereocenters. The van der Waals surface area contributed by atoms with E-state index in [1.54, 1.807) is 0 Å². The molecule has 0 radical (unpaired) electrons. The first-order valence-corrected chi connectivity index (χ1v) is 5.83. The normalized spacial score (nSPS) is 28.4. The van der Waals surface area contributed by atoms with Gasteiger partial charge in [-0.15, -0.1) is 0 Å². The number of nitrogens with zero attached hydrogens (tertiary/aromatic N) is 1. The van der Waals surface area contributed by atoms with Crippen LogP contribution in [-0.4, -0.2) is 36.6 Å². The van der Waals surface area contributed by atoms with E-state index >= 15 is 0 Å². The third-order valence-electron chi connectivity index (χ3n) is 3.71. The molecular weight excluding hydrogens is 160 g/mol. The maximum absolute atomic E-state index is 3.56. The van der Waals surface area contributed by atoms with Crippen molar-refractivity contribution in [2.24, 2.45) is 0 Å². The van der Waals surface area contributed by atoms with E-state index in [0.29, 0.717) is 5.54 Å². The highest BCUT2D eigenvalue weighted by atomic mass is 15.3. The zero-order valence-corrected chi connectivity index (χ0v) is 8.81. The molecule has 76 valence electrons.